The molecule has 8 nitrogen and oxygen atoms in total. The van der Waals surface area contributed by atoms with Crippen LogP contribution >= 0.6 is 23.2 Å². The van der Waals surface area contributed by atoms with Crippen LogP contribution in [0.1, 0.15) is 0 Å². The molecule has 0 aliphatic rings. The van der Waals surface area contributed by atoms with E-state index in [1.807, 2.05) is 0 Å². The summed E-state index contributed by atoms with van der Waals surface area (Å²) in [5, 5.41) is 13.2. The second-order valence-electron chi connectivity index (χ2n) is 6.63. The molecule has 0 saturated heterocycles. The minimum Gasteiger partial charge on any atom is -0.491 e. The normalized spacial score (nSPS) is 10.9. The van der Waals surface area contributed by atoms with E-state index in [9.17, 15) is 4.79 Å². The van der Waals surface area contributed by atoms with Gasteiger partial charge in [0.1, 0.15) is 19.5 Å². The van der Waals surface area contributed by atoms with Gasteiger partial charge in [0.2, 0.25) is 5.95 Å². The van der Waals surface area contributed by atoms with Crippen LogP contribution in [0.25, 0.3) is 22.2 Å². The van der Waals surface area contributed by atoms with Gasteiger partial charge in [-0.3, -0.25) is 4.79 Å². The first-order valence-corrected chi connectivity index (χ1v) is 10.3. The van der Waals surface area contributed by atoms with Crippen LogP contribution in [0.3, 0.4) is 0 Å². The molecule has 0 atom stereocenters. The van der Waals surface area contributed by atoms with Crippen LogP contribution in [0, 0.1) is 0 Å². The minimum absolute atomic E-state index is 0.0590. The SMILES string of the molecule is COn1c(=O)c(-c2c(Cl)cccc2Cl)cc2cnc(Nc3ccc(OCCO)cc3)nc21. The van der Waals surface area contributed by atoms with Crippen molar-refractivity contribution in [1.29, 1.82) is 0 Å². The van der Waals surface area contributed by atoms with Gasteiger partial charge in [-0.05, 0) is 42.5 Å². The summed E-state index contributed by atoms with van der Waals surface area (Å²) in [7, 11) is 1.37. The molecule has 2 N–H and O–H groups in total. The smallest absolute Gasteiger partial charge is 0.293 e. The van der Waals surface area contributed by atoms with Gasteiger partial charge >= 0.3 is 0 Å². The maximum Gasteiger partial charge on any atom is 0.293 e. The summed E-state index contributed by atoms with van der Waals surface area (Å²) >= 11 is 12.6. The lowest BCUT2D eigenvalue weighted by atomic mass is 10.1. The lowest BCUT2D eigenvalue weighted by Crippen LogP contribution is -2.27. The van der Waals surface area contributed by atoms with Crippen molar-refractivity contribution >= 4 is 45.9 Å². The van der Waals surface area contributed by atoms with Gasteiger partial charge in [-0.25, -0.2) is 4.98 Å². The van der Waals surface area contributed by atoms with Crippen LogP contribution in [-0.2, 0) is 0 Å². The highest BCUT2D eigenvalue weighted by Gasteiger charge is 2.18. The van der Waals surface area contributed by atoms with Crippen molar-refractivity contribution in [3.8, 4) is 16.9 Å². The Bertz CT molecular complexity index is 1310. The predicted octanol–water partition coefficient (Wildman–Crippen LogP) is 3.94. The van der Waals surface area contributed by atoms with E-state index >= 15 is 0 Å². The summed E-state index contributed by atoms with van der Waals surface area (Å²) in [5.74, 6) is 0.901. The molecule has 164 valence electrons. The van der Waals surface area contributed by atoms with Gasteiger partial charge < -0.3 is 20.0 Å². The molecule has 0 spiro atoms. The van der Waals surface area contributed by atoms with E-state index in [4.69, 9.17) is 37.9 Å². The van der Waals surface area contributed by atoms with E-state index < -0.39 is 5.56 Å². The fraction of sp³-hybridized carbons (Fsp3) is 0.136. The number of hydrogen-bond acceptors (Lipinski definition) is 7. The zero-order valence-electron chi connectivity index (χ0n) is 16.9. The summed E-state index contributed by atoms with van der Waals surface area (Å²) in [6.07, 6.45) is 1.58. The van der Waals surface area contributed by atoms with Crippen LogP contribution in [-0.4, -0.2) is 40.1 Å². The number of rotatable bonds is 7. The summed E-state index contributed by atoms with van der Waals surface area (Å²) in [6, 6.07) is 13.7. The van der Waals surface area contributed by atoms with Gasteiger partial charge in [0.15, 0.2) is 5.65 Å². The molecule has 0 radical (unpaired) electrons. The Kier molecular flexibility index (Phi) is 6.45. The average Bonchev–Trinajstić information content (AvgIpc) is 2.79. The molecule has 2 heterocycles. The number of benzene rings is 2. The Labute approximate surface area is 192 Å². The van der Waals surface area contributed by atoms with E-state index in [0.717, 1.165) is 4.73 Å². The zero-order valence-corrected chi connectivity index (χ0v) is 18.4. The van der Waals surface area contributed by atoms with Crippen LogP contribution in [0.5, 0.6) is 5.75 Å². The molecule has 4 aromatic rings. The van der Waals surface area contributed by atoms with Gasteiger partial charge in [-0.15, -0.1) is 4.73 Å². The largest absolute Gasteiger partial charge is 0.491 e. The molecular weight excluding hydrogens is 455 g/mol. The number of halogens is 2. The molecule has 0 unspecified atom stereocenters. The van der Waals surface area contributed by atoms with Crippen molar-refractivity contribution < 1.29 is 14.7 Å². The van der Waals surface area contributed by atoms with Crippen LogP contribution in [0.2, 0.25) is 10.0 Å². The Hall–Kier alpha value is -3.33. The van der Waals surface area contributed by atoms with Gasteiger partial charge in [-0.1, -0.05) is 29.3 Å². The van der Waals surface area contributed by atoms with Crippen LogP contribution in [0.4, 0.5) is 11.6 Å². The monoisotopic (exact) mass is 472 g/mol. The van der Waals surface area contributed by atoms with Crippen LogP contribution in [0.15, 0.2) is 59.5 Å². The molecular formula is C22H18Cl2N4O4. The number of pyridine rings is 1. The number of nitrogens with zero attached hydrogens (tertiary/aromatic N) is 3. The van der Waals surface area contributed by atoms with E-state index in [-0.39, 0.29) is 30.4 Å². The molecule has 2 aromatic heterocycles. The van der Waals surface area contributed by atoms with Gasteiger partial charge in [0, 0.05) is 22.8 Å². The van der Waals surface area contributed by atoms with E-state index in [0.29, 0.717) is 32.4 Å². The number of aliphatic hydroxyl groups is 1. The lowest BCUT2D eigenvalue weighted by Gasteiger charge is -2.13. The molecule has 0 bridgehead atoms. The Morgan fingerprint density at radius 2 is 1.84 bits per heavy atom. The van der Waals surface area contributed by atoms with Crippen molar-refractivity contribution in [2.24, 2.45) is 0 Å². The van der Waals surface area contributed by atoms with Crippen LogP contribution < -0.4 is 20.5 Å². The summed E-state index contributed by atoms with van der Waals surface area (Å²) in [5.41, 5.74) is 1.23. The predicted molar refractivity (Wildman–Crippen MR) is 124 cm³/mol. The Morgan fingerprint density at radius 1 is 1.12 bits per heavy atom. The third-order valence-electron chi connectivity index (χ3n) is 4.59. The fourth-order valence-electron chi connectivity index (χ4n) is 3.16. The standard InChI is InChI=1S/C22H18Cl2N4O4/c1-31-28-20-13(11-16(21(28)30)19-17(23)3-2-4-18(19)24)12-25-22(27-20)26-14-5-7-15(8-6-14)32-10-9-29/h2-8,11-12,29H,9-10H2,1H3,(H,25,26,27). The zero-order chi connectivity index (χ0) is 22.7. The topological polar surface area (TPSA) is 98.5 Å². The van der Waals surface area contributed by atoms with Crippen molar-refractivity contribution in [1.82, 2.24) is 14.7 Å². The molecule has 0 aliphatic heterocycles. The first-order chi connectivity index (χ1) is 15.5. The molecule has 4 rings (SSSR count). The molecule has 0 saturated carbocycles. The minimum atomic E-state index is -0.454. The van der Waals surface area contributed by atoms with E-state index in [1.54, 1.807) is 54.7 Å². The summed E-state index contributed by atoms with van der Waals surface area (Å²) in [4.78, 5) is 27.2. The average molecular weight is 473 g/mol. The molecule has 32 heavy (non-hydrogen) atoms. The van der Waals surface area contributed by atoms with Crippen molar-refractivity contribution in [3.05, 3.63) is 75.1 Å². The van der Waals surface area contributed by atoms with E-state index in [1.165, 1.54) is 7.11 Å². The number of fused-ring (bicyclic) bond motifs is 1. The number of aromatic nitrogens is 3. The molecule has 2 aromatic carbocycles. The Balaban J connectivity index is 1.72. The highest BCUT2D eigenvalue weighted by Crippen LogP contribution is 2.33. The maximum atomic E-state index is 13.1. The molecule has 0 aliphatic carbocycles. The highest BCUT2D eigenvalue weighted by molar-refractivity contribution is 6.39. The van der Waals surface area contributed by atoms with E-state index in [2.05, 4.69) is 15.3 Å². The van der Waals surface area contributed by atoms with Crippen molar-refractivity contribution in [2.45, 2.75) is 0 Å². The number of ether oxygens (including phenoxy) is 1. The first-order valence-electron chi connectivity index (χ1n) is 9.54. The quantitative estimate of drug-likeness (QED) is 0.420. The number of anilines is 2. The number of aliphatic hydroxyl groups excluding tert-OH is 1. The van der Waals surface area contributed by atoms with Gasteiger partial charge in [-0.2, -0.15) is 4.98 Å². The van der Waals surface area contributed by atoms with Gasteiger partial charge in [0.25, 0.3) is 5.56 Å². The highest BCUT2D eigenvalue weighted by atomic mass is 35.5. The second-order valence-corrected chi connectivity index (χ2v) is 7.45. The Morgan fingerprint density at radius 3 is 2.50 bits per heavy atom. The lowest BCUT2D eigenvalue weighted by molar-refractivity contribution is 0.168. The molecule has 0 fully saturated rings. The molecule has 10 heteroatoms. The third-order valence-corrected chi connectivity index (χ3v) is 5.22. The maximum absolute atomic E-state index is 13.1. The van der Waals surface area contributed by atoms with Crippen molar-refractivity contribution in [3.63, 3.8) is 0 Å². The van der Waals surface area contributed by atoms with Crippen molar-refractivity contribution in [2.75, 3.05) is 25.6 Å². The summed E-state index contributed by atoms with van der Waals surface area (Å²) < 4.78 is 6.42. The number of hydrogen-bond donors (Lipinski definition) is 2. The molecule has 0 amide bonds. The first kappa shape index (κ1) is 21.9. The second kappa shape index (κ2) is 9.44. The third kappa shape index (κ3) is 4.34. The summed E-state index contributed by atoms with van der Waals surface area (Å²) in [6.45, 7) is 0.160. The fourth-order valence-corrected chi connectivity index (χ4v) is 3.76. The van der Waals surface area contributed by atoms with Gasteiger partial charge in [0.05, 0.1) is 22.2 Å². The number of nitrogens with one attached hydrogen (secondary N) is 1.